The Morgan fingerprint density at radius 2 is 1.89 bits per heavy atom. The highest BCUT2D eigenvalue weighted by Gasteiger charge is 2.12. The van der Waals surface area contributed by atoms with Crippen molar-refractivity contribution in [1.29, 1.82) is 0 Å². The summed E-state index contributed by atoms with van der Waals surface area (Å²) in [5.74, 6) is 1.74. The first-order valence-electron chi connectivity index (χ1n) is 5.90. The third-order valence-corrected chi connectivity index (χ3v) is 4.91. The van der Waals surface area contributed by atoms with Gasteiger partial charge in [-0.2, -0.15) is 11.8 Å². The number of benzene rings is 1. The molecule has 0 aliphatic heterocycles. The van der Waals surface area contributed by atoms with Gasteiger partial charge in [0.05, 0.1) is 4.90 Å². The minimum absolute atomic E-state index is 0.319. The van der Waals surface area contributed by atoms with Gasteiger partial charge in [-0.15, -0.1) is 0 Å². The molecule has 0 atom stereocenters. The van der Waals surface area contributed by atoms with Gasteiger partial charge in [0.1, 0.15) is 0 Å². The fraction of sp³-hybridized carbons (Fsp3) is 0.500. The highest BCUT2D eigenvalue weighted by Crippen LogP contribution is 2.10. The van der Waals surface area contributed by atoms with Crippen molar-refractivity contribution in [3.05, 3.63) is 29.8 Å². The van der Waals surface area contributed by atoms with Crippen molar-refractivity contribution in [2.45, 2.75) is 18.2 Å². The number of hydrogen-bond donors (Lipinski definition) is 2. The van der Waals surface area contributed by atoms with Crippen LogP contribution in [-0.2, 0) is 10.0 Å². The van der Waals surface area contributed by atoms with Crippen LogP contribution < -0.4 is 10.5 Å². The lowest BCUT2D eigenvalue weighted by Gasteiger charge is -2.06. The minimum Gasteiger partial charge on any atom is -0.330 e. The molecule has 0 radical (unpaired) electrons. The molecule has 0 unspecified atom stereocenters. The molecule has 4 nitrogen and oxygen atoms in total. The van der Waals surface area contributed by atoms with E-state index < -0.39 is 10.0 Å². The van der Waals surface area contributed by atoms with Crippen LogP contribution in [0.3, 0.4) is 0 Å². The first-order chi connectivity index (χ1) is 8.56. The third kappa shape index (κ3) is 5.39. The molecule has 0 aromatic heterocycles. The summed E-state index contributed by atoms with van der Waals surface area (Å²) in [7, 11) is -3.36. The molecule has 0 aliphatic carbocycles. The van der Waals surface area contributed by atoms with Crippen molar-refractivity contribution in [2.24, 2.45) is 5.73 Å². The Morgan fingerprint density at radius 3 is 2.50 bits per heavy atom. The van der Waals surface area contributed by atoms with Crippen molar-refractivity contribution in [1.82, 2.24) is 4.72 Å². The van der Waals surface area contributed by atoms with Gasteiger partial charge in [-0.25, -0.2) is 13.1 Å². The monoisotopic (exact) mass is 288 g/mol. The van der Waals surface area contributed by atoms with Gasteiger partial charge in [-0.05, 0) is 37.8 Å². The molecule has 102 valence electrons. The number of thioether (sulfide) groups is 1. The van der Waals surface area contributed by atoms with Gasteiger partial charge in [-0.1, -0.05) is 17.7 Å². The molecule has 1 aromatic carbocycles. The molecule has 0 bridgehead atoms. The Hall–Kier alpha value is -0.560. The van der Waals surface area contributed by atoms with Crippen LogP contribution in [0.5, 0.6) is 0 Å². The molecule has 1 aromatic rings. The fourth-order valence-corrected chi connectivity index (χ4v) is 3.32. The molecular formula is C12H20N2O2S2. The lowest BCUT2D eigenvalue weighted by Crippen LogP contribution is -2.26. The van der Waals surface area contributed by atoms with E-state index in [0.717, 1.165) is 23.5 Å². The Labute approximate surface area is 113 Å². The number of hydrogen-bond acceptors (Lipinski definition) is 4. The molecular weight excluding hydrogens is 268 g/mol. The van der Waals surface area contributed by atoms with E-state index in [0.29, 0.717) is 18.0 Å². The summed E-state index contributed by atoms with van der Waals surface area (Å²) >= 11 is 1.71. The quantitative estimate of drug-likeness (QED) is 0.708. The first kappa shape index (κ1) is 15.5. The molecule has 0 heterocycles. The second kappa shape index (κ2) is 7.78. The predicted molar refractivity (Wildman–Crippen MR) is 77.4 cm³/mol. The van der Waals surface area contributed by atoms with Gasteiger partial charge < -0.3 is 5.73 Å². The van der Waals surface area contributed by atoms with E-state index >= 15 is 0 Å². The topological polar surface area (TPSA) is 72.2 Å². The van der Waals surface area contributed by atoms with Gasteiger partial charge in [0.2, 0.25) is 10.0 Å². The van der Waals surface area contributed by atoms with Crippen LogP contribution in [0, 0.1) is 6.92 Å². The normalized spacial score (nSPS) is 11.7. The molecule has 0 saturated carbocycles. The fourth-order valence-electron chi connectivity index (χ4n) is 1.34. The average Bonchev–Trinajstić information content (AvgIpc) is 2.34. The molecule has 0 amide bonds. The zero-order chi connectivity index (χ0) is 13.4. The maximum Gasteiger partial charge on any atom is 0.240 e. The number of rotatable bonds is 8. The van der Waals surface area contributed by atoms with Crippen LogP contribution in [0.15, 0.2) is 29.2 Å². The highest BCUT2D eigenvalue weighted by atomic mass is 32.2. The van der Waals surface area contributed by atoms with Crippen molar-refractivity contribution in [2.75, 3.05) is 24.6 Å². The maximum absolute atomic E-state index is 11.9. The van der Waals surface area contributed by atoms with Crippen molar-refractivity contribution in [3.8, 4) is 0 Å². The van der Waals surface area contributed by atoms with Gasteiger partial charge in [0.25, 0.3) is 0 Å². The standard InChI is InChI=1S/C12H20N2O2S2/c1-11-3-5-12(6-4-11)18(15,16)14-8-10-17-9-2-7-13/h3-6,14H,2,7-10,13H2,1H3. The predicted octanol–water partition coefficient (Wildman–Crippen LogP) is 1.36. The Kier molecular flexibility index (Phi) is 6.70. The van der Waals surface area contributed by atoms with Gasteiger partial charge in [0, 0.05) is 12.3 Å². The summed E-state index contributed by atoms with van der Waals surface area (Å²) in [5.41, 5.74) is 6.42. The zero-order valence-electron chi connectivity index (χ0n) is 10.6. The molecule has 3 N–H and O–H groups in total. The van der Waals surface area contributed by atoms with Crippen LogP contribution in [-0.4, -0.2) is 33.0 Å². The average molecular weight is 288 g/mol. The third-order valence-electron chi connectivity index (χ3n) is 2.36. The SMILES string of the molecule is Cc1ccc(S(=O)(=O)NCCSCCCN)cc1. The van der Waals surface area contributed by atoms with Crippen molar-refractivity contribution in [3.63, 3.8) is 0 Å². The number of nitrogens with one attached hydrogen (secondary N) is 1. The molecule has 1 rings (SSSR count). The summed E-state index contributed by atoms with van der Waals surface area (Å²) in [6, 6.07) is 6.84. The molecule has 0 saturated heterocycles. The van der Waals surface area contributed by atoms with Gasteiger partial charge in [-0.3, -0.25) is 0 Å². The second-order valence-corrected chi connectivity index (χ2v) is 6.96. The van der Waals surface area contributed by atoms with Crippen molar-refractivity contribution < 1.29 is 8.42 Å². The largest absolute Gasteiger partial charge is 0.330 e. The minimum atomic E-state index is -3.36. The van der Waals surface area contributed by atoms with E-state index in [2.05, 4.69) is 4.72 Å². The maximum atomic E-state index is 11.9. The van der Waals surface area contributed by atoms with E-state index in [1.165, 1.54) is 0 Å². The van der Waals surface area contributed by atoms with Crippen LogP contribution in [0.4, 0.5) is 0 Å². The summed E-state index contributed by atoms with van der Waals surface area (Å²) in [6.45, 7) is 3.06. The number of nitrogens with two attached hydrogens (primary N) is 1. The van der Waals surface area contributed by atoms with E-state index in [-0.39, 0.29) is 0 Å². The Bertz CT molecular complexity index is 444. The van der Waals surface area contributed by atoms with Crippen LogP contribution in [0.2, 0.25) is 0 Å². The Morgan fingerprint density at radius 1 is 1.22 bits per heavy atom. The number of sulfonamides is 1. The number of aryl methyl sites for hydroxylation is 1. The summed E-state index contributed by atoms with van der Waals surface area (Å²) in [6.07, 6.45) is 0.968. The molecule has 0 spiro atoms. The van der Waals surface area contributed by atoms with Crippen molar-refractivity contribution >= 4 is 21.8 Å². The second-order valence-electron chi connectivity index (χ2n) is 3.97. The van der Waals surface area contributed by atoms with Gasteiger partial charge in [0.15, 0.2) is 0 Å². The lowest BCUT2D eigenvalue weighted by molar-refractivity contribution is 0.584. The Balaban J connectivity index is 2.38. The lowest BCUT2D eigenvalue weighted by atomic mass is 10.2. The van der Waals surface area contributed by atoms with E-state index in [4.69, 9.17) is 5.73 Å². The summed E-state index contributed by atoms with van der Waals surface area (Å²) in [4.78, 5) is 0.319. The molecule has 18 heavy (non-hydrogen) atoms. The van der Waals surface area contributed by atoms with E-state index in [9.17, 15) is 8.42 Å². The summed E-state index contributed by atoms with van der Waals surface area (Å²) in [5, 5.41) is 0. The zero-order valence-corrected chi connectivity index (χ0v) is 12.2. The highest BCUT2D eigenvalue weighted by molar-refractivity contribution is 7.99. The smallest absolute Gasteiger partial charge is 0.240 e. The molecule has 0 aliphatic rings. The van der Waals surface area contributed by atoms with E-state index in [1.54, 1.807) is 36.0 Å². The van der Waals surface area contributed by atoms with Crippen LogP contribution in [0.25, 0.3) is 0 Å². The summed E-state index contributed by atoms with van der Waals surface area (Å²) < 4.78 is 26.4. The van der Waals surface area contributed by atoms with E-state index in [1.807, 2.05) is 6.92 Å². The first-order valence-corrected chi connectivity index (χ1v) is 8.54. The van der Waals surface area contributed by atoms with Gasteiger partial charge >= 0.3 is 0 Å². The van der Waals surface area contributed by atoms with Crippen LogP contribution >= 0.6 is 11.8 Å². The molecule has 6 heteroatoms. The molecule has 0 fully saturated rings. The van der Waals surface area contributed by atoms with Crippen LogP contribution in [0.1, 0.15) is 12.0 Å².